The van der Waals surface area contributed by atoms with Crippen LogP contribution in [0, 0.1) is 0 Å². The number of imidazole rings is 1. The van der Waals surface area contributed by atoms with E-state index in [1.165, 1.54) is 64.5 Å². The second kappa shape index (κ2) is 14.4. The van der Waals surface area contributed by atoms with E-state index in [-0.39, 0.29) is 29.2 Å². The number of carbonyl (C=O) groups is 3. The molecule has 0 radical (unpaired) electrons. The Morgan fingerprint density at radius 2 is 1.74 bits per heavy atom. The van der Waals surface area contributed by atoms with E-state index in [4.69, 9.17) is 4.74 Å². The van der Waals surface area contributed by atoms with E-state index >= 15 is 0 Å². The minimum absolute atomic E-state index is 0.00979. The first-order valence-electron chi connectivity index (χ1n) is 14.6. The molecular formula is C30H36N4O10S2. The summed E-state index contributed by atoms with van der Waals surface area (Å²) in [5.74, 6) is -2.18. The number of aliphatic carboxylic acids is 1. The minimum atomic E-state index is -4.68. The molecule has 16 heteroatoms. The van der Waals surface area contributed by atoms with Gasteiger partial charge in [-0.2, -0.15) is 8.42 Å². The third kappa shape index (κ3) is 8.50. The zero-order valence-corrected chi connectivity index (χ0v) is 26.9. The van der Waals surface area contributed by atoms with Gasteiger partial charge in [0.2, 0.25) is 5.91 Å². The number of carboxylic acid groups (broad SMARTS) is 1. The van der Waals surface area contributed by atoms with Gasteiger partial charge in [-0.15, -0.1) is 0 Å². The van der Waals surface area contributed by atoms with Gasteiger partial charge in [-0.25, -0.2) is 18.2 Å². The molecule has 3 aromatic rings. The average Bonchev–Trinajstić information content (AvgIpc) is 3.64. The van der Waals surface area contributed by atoms with Crippen LogP contribution in [-0.2, 0) is 29.5 Å². The third-order valence-corrected chi connectivity index (χ3v) is 9.65. The van der Waals surface area contributed by atoms with Crippen LogP contribution in [-0.4, -0.2) is 83.7 Å². The predicted octanol–water partition coefficient (Wildman–Crippen LogP) is 3.43. The molecule has 4 rings (SSSR count). The Bertz CT molecular complexity index is 1790. The SMILES string of the molecule is CCCCCCC(C(=O)N1CC(Oc2ccc(S(C)(=O)=O)cc2)C[C@H]1C(=O)O)n1cnc(NC(=O)c2ccccc2S(=O)(=O)O)c1. The van der Waals surface area contributed by atoms with E-state index < -0.39 is 60.8 Å². The summed E-state index contributed by atoms with van der Waals surface area (Å²) in [7, 11) is -8.09. The van der Waals surface area contributed by atoms with Gasteiger partial charge in [0.25, 0.3) is 16.0 Å². The summed E-state index contributed by atoms with van der Waals surface area (Å²) in [6, 6.07) is 8.80. The number of likely N-dealkylation sites (tertiary alicyclic amines) is 1. The molecule has 248 valence electrons. The number of aromatic nitrogens is 2. The van der Waals surface area contributed by atoms with Gasteiger partial charge < -0.3 is 24.6 Å². The van der Waals surface area contributed by atoms with Crippen molar-refractivity contribution in [1.29, 1.82) is 0 Å². The summed E-state index contributed by atoms with van der Waals surface area (Å²) < 4.78 is 64.0. The van der Waals surface area contributed by atoms with Gasteiger partial charge in [-0.1, -0.05) is 44.7 Å². The maximum absolute atomic E-state index is 14.0. The normalized spacial score (nSPS) is 17.4. The lowest BCUT2D eigenvalue weighted by Crippen LogP contribution is -2.44. The molecule has 3 N–H and O–H groups in total. The van der Waals surface area contributed by atoms with Crippen molar-refractivity contribution in [3.8, 4) is 5.75 Å². The molecule has 2 unspecified atom stereocenters. The molecule has 0 saturated carbocycles. The molecule has 1 aromatic heterocycles. The molecule has 2 heterocycles. The fourth-order valence-electron chi connectivity index (χ4n) is 5.31. The Kier molecular flexibility index (Phi) is 10.9. The average molecular weight is 677 g/mol. The van der Waals surface area contributed by atoms with E-state index in [2.05, 4.69) is 10.3 Å². The predicted molar refractivity (Wildman–Crippen MR) is 166 cm³/mol. The van der Waals surface area contributed by atoms with E-state index in [1.54, 1.807) is 0 Å². The second-order valence-electron chi connectivity index (χ2n) is 11.1. The number of rotatable bonds is 14. The molecule has 3 atom stereocenters. The summed E-state index contributed by atoms with van der Waals surface area (Å²) >= 11 is 0. The second-order valence-corrected chi connectivity index (χ2v) is 14.5. The van der Waals surface area contributed by atoms with E-state index in [0.717, 1.165) is 31.6 Å². The van der Waals surface area contributed by atoms with Crippen molar-refractivity contribution in [2.75, 3.05) is 18.1 Å². The molecular weight excluding hydrogens is 640 g/mol. The summed E-state index contributed by atoms with van der Waals surface area (Å²) in [6.45, 7) is 2.02. The summed E-state index contributed by atoms with van der Waals surface area (Å²) in [5.41, 5.74) is -0.301. The fraction of sp³-hybridized carbons (Fsp3) is 0.400. The number of anilines is 1. The smallest absolute Gasteiger partial charge is 0.326 e. The fourth-order valence-corrected chi connectivity index (χ4v) is 6.63. The number of carboxylic acids is 1. The molecule has 1 saturated heterocycles. The maximum atomic E-state index is 14.0. The van der Waals surface area contributed by atoms with Crippen molar-refractivity contribution in [2.45, 2.75) is 73.4 Å². The molecule has 1 fully saturated rings. The first kappa shape index (κ1) is 34.6. The van der Waals surface area contributed by atoms with Crippen LogP contribution in [0.3, 0.4) is 0 Å². The Morgan fingerprint density at radius 3 is 2.37 bits per heavy atom. The lowest BCUT2D eigenvalue weighted by atomic mass is 10.1. The van der Waals surface area contributed by atoms with Crippen LogP contribution in [0.1, 0.15) is 61.8 Å². The van der Waals surface area contributed by atoms with Gasteiger partial charge in [0.1, 0.15) is 28.8 Å². The topological polar surface area (TPSA) is 202 Å². The third-order valence-electron chi connectivity index (χ3n) is 7.61. The Hall–Kier alpha value is -4.28. The number of benzene rings is 2. The quantitative estimate of drug-likeness (QED) is 0.167. The Balaban J connectivity index is 1.54. The number of hydrogen-bond donors (Lipinski definition) is 3. The number of sulfone groups is 1. The molecule has 2 aromatic carbocycles. The van der Waals surface area contributed by atoms with Crippen molar-refractivity contribution in [1.82, 2.24) is 14.5 Å². The zero-order valence-electron chi connectivity index (χ0n) is 25.3. The van der Waals surface area contributed by atoms with Crippen molar-refractivity contribution >= 4 is 43.6 Å². The van der Waals surface area contributed by atoms with Crippen molar-refractivity contribution < 1.29 is 45.6 Å². The first-order valence-corrected chi connectivity index (χ1v) is 17.9. The summed E-state index contributed by atoms with van der Waals surface area (Å²) in [5, 5.41) is 12.5. The van der Waals surface area contributed by atoms with Gasteiger partial charge >= 0.3 is 5.97 Å². The molecule has 0 spiro atoms. The number of carbonyl (C=O) groups excluding carboxylic acids is 2. The van der Waals surface area contributed by atoms with Gasteiger partial charge in [-0.3, -0.25) is 14.1 Å². The van der Waals surface area contributed by atoms with Crippen LogP contribution in [0.2, 0.25) is 0 Å². The van der Waals surface area contributed by atoms with E-state index in [1.807, 2.05) is 6.92 Å². The highest BCUT2D eigenvalue weighted by Crippen LogP contribution is 2.29. The monoisotopic (exact) mass is 676 g/mol. The van der Waals surface area contributed by atoms with E-state index in [0.29, 0.717) is 18.6 Å². The number of unbranched alkanes of at least 4 members (excludes halogenated alkanes) is 3. The maximum Gasteiger partial charge on any atom is 0.326 e. The highest BCUT2D eigenvalue weighted by Gasteiger charge is 2.43. The summed E-state index contributed by atoms with van der Waals surface area (Å²) in [4.78, 5) is 44.1. The Morgan fingerprint density at radius 1 is 1.04 bits per heavy atom. The molecule has 1 aliphatic rings. The highest BCUT2D eigenvalue weighted by atomic mass is 32.2. The lowest BCUT2D eigenvalue weighted by Gasteiger charge is -2.27. The molecule has 0 aliphatic carbocycles. The number of amides is 2. The number of nitrogens with zero attached hydrogens (tertiary/aromatic N) is 3. The van der Waals surface area contributed by atoms with Gasteiger partial charge in [0, 0.05) is 18.9 Å². The van der Waals surface area contributed by atoms with Gasteiger partial charge in [0.05, 0.1) is 23.3 Å². The van der Waals surface area contributed by atoms with Crippen LogP contribution in [0.15, 0.2) is 70.8 Å². The van der Waals surface area contributed by atoms with Crippen LogP contribution in [0.4, 0.5) is 5.82 Å². The standard InChI is InChI=1S/C30H36N4O10S2/c1-3-4-5-6-10-24(33-18-27(31-19-33)32-28(35)23-9-7-8-11-26(23)46(41,42)43)29(36)34-17-21(16-25(34)30(37)38)44-20-12-14-22(15-13-20)45(2,39)40/h7-9,11-15,18-19,21,24-25H,3-6,10,16-17H2,1-2H3,(H,32,35)(H,37,38)(H,41,42,43)/t21?,24?,25-/m0/s1. The van der Waals surface area contributed by atoms with Crippen LogP contribution >= 0.6 is 0 Å². The molecule has 2 amide bonds. The number of hydrogen-bond acceptors (Lipinski definition) is 9. The van der Waals surface area contributed by atoms with Gasteiger partial charge in [0.15, 0.2) is 15.7 Å². The number of nitrogens with one attached hydrogen (secondary N) is 1. The summed E-state index contributed by atoms with van der Waals surface area (Å²) in [6.07, 6.45) is 6.90. The highest BCUT2D eigenvalue weighted by molar-refractivity contribution is 7.90. The van der Waals surface area contributed by atoms with E-state index in [9.17, 15) is 40.9 Å². The Labute approximate surface area is 267 Å². The molecule has 46 heavy (non-hydrogen) atoms. The van der Waals surface area contributed by atoms with Crippen molar-refractivity contribution in [3.63, 3.8) is 0 Å². The van der Waals surface area contributed by atoms with Gasteiger partial charge in [-0.05, 0) is 42.8 Å². The van der Waals surface area contributed by atoms with Crippen LogP contribution in [0.25, 0.3) is 0 Å². The van der Waals surface area contributed by atoms with Crippen molar-refractivity contribution in [3.05, 3.63) is 66.6 Å². The minimum Gasteiger partial charge on any atom is -0.488 e. The molecule has 0 bridgehead atoms. The largest absolute Gasteiger partial charge is 0.488 e. The molecule has 1 aliphatic heterocycles. The van der Waals surface area contributed by atoms with Crippen LogP contribution < -0.4 is 10.1 Å². The van der Waals surface area contributed by atoms with Crippen LogP contribution in [0.5, 0.6) is 5.75 Å². The lowest BCUT2D eigenvalue weighted by molar-refractivity contribution is -0.149. The first-order chi connectivity index (χ1) is 21.7. The zero-order chi connectivity index (χ0) is 33.6. The number of ether oxygens (including phenoxy) is 1. The molecule has 14 nitrogen and oxygen atoms in total. The van der Waals surface area contributed by atoms with Crippen molar-refractivity contribution in [2.24, 2.45) is 0 Å².